The summed E-state index contributed by atoms with van der Waals surface area (Å²) < 4.78 is 18.5. The highest BCUT2D eigenvalue weighted by Gasteiger charge is 2.42. The number of fused-ring (bicyclic) bond motifs is 1. The van der Waals surface area contributed by atoms with E-state index in [-0.39, 0.29) is 34.4 Å². The molecule has 2 aliphatic rings. The van der Waals surface area contributed by atoms with Crippen LogP contribution in [0.25, 0.3) is 0 Å². The average Bonchev–Trinajstić information content (AvgIpc) is 3.19. The summed E-state index contributed by atoms with van der Waals surface area (Å²) in [5, 5.41) is 0.0391. The molecule has 2 aliphatic heterocycles. The molecule has 0 aliphatic carbocycles. The molecule has 3 aromatic rings. The molecule has 2 aromatic heterocycles. The number of carbonyl (C=O) groups excluding carboxylic acids is 2. The minimum absolute atomic E-state index is 0.0391. The van der Waals surface area contributed by atoms with E-state index in [9.17, 15) is 14.0 Å². The molecule has 210 valence electrons. The van der Waals surface area contributed by atoms with E-state index >= 15 is 0 Å². The van der Waals surface area contributed by atoms with E-state index in [4.69, 9.17) is 21.3 Å². The number of benzene rings is 1. The summed E-state index contributed by atoms with van der Waals surface area (Å²) in [7, 11) is 1.36. The van der Waals surface area contributed by atoms with Crippen LogP contribution < -0.4 is 9.80 Å². The van der Waals surface area contributed by atoms with Gasteiger partial charge in [0.15, 0.2) is 5.82 Å². The molecule has 40 heavy (non-hydrogen) atoms. The van der Waals surface area contributed by atoms with Crippen LogP contribution in [-0.2, 0) is 21.4 Å². The van der Waals surface area contributed by atoms with Crippen LogP contribution in [0, 0.1) is 5.82 Å². The number of methoxy groups -OCH3 is 1. The largest absolute Gasteiger partial charge is 0.469 e. The zero-order valence-electron chi connectivity index (χ0n) is 23.2. The maximum atomic E-state index is 13.8. The van der Waals surface area contributed by atoms with Gasteiger partial charge >= 0.3 is 5.97 Å². The second kappa shape index (κ2) is 10.3. The Morgan fingerprint density at radius 3 is 2.48 bits per heavy atom. The number of aromatic nitrogens is 3. The van der Waals surface area contributed by atoms with E-state index < -0.39 is 11.4 Å². The normalized spacial score (nSPS) is 17.5. The fraction of sp³-hybridized carbons (Fsp3) is 0.414. The van der Waals surface area contributed by atoms with Gasteiger partial charge < -0.3 is 19.4 Å². The molecule has 1 saturated heterocycles. The monoisotopic (exact) mass is 566 g/mol. The number of pyridine rings is 1. The molecule has 0 unspecified atom stereocenters. The summed E-state index contributed by atoms with van der Waals surface area (Å²) in [5.74, 6) is 0.447. The Bertz CT molecular complexity index is 1460. The molecule has 0 spiro atoms. The minimum Gasteiger partial charge on any atom is -0.469 e. The number of esters is 1. The van der Waals surface area contributed by atoms with Crippen LogP contribution in [0.5, 0.6) is 0 Å². The van der Waals surface area contributed by atoms with Crippen molar-refractivity contribution in [3.8, 4) is 0 Å². The summed E-state index contributed by atoms with van der Waals surface area (Å²) in [6.07, 6.45) is 3.37. The molecule has 0 radical (unpaired) electrons. The number of halogens is 2. The summed E-state index contributed by atoms with van der Waals surface area (Å²) >= 11 is 6.04. The third-order valence-corrected chi connectivity index (χ3v) is 7.78. The molecule has 4 heterocycles. The van der Waals surface area contributed by atoms with E-state index in [1.165, 1.54) is 19.4 Å². The van der Waals surface area contributed by atoms with Gasteiger partial charge in [-0.25, -0.2) is 19.3 Å². The lowest BCUT2D eigenvalue weighted by Crippen LogP contribution is -2.61. The minimum atomic E-state index is -0.505. The summed E-state index contributed by atoms with van der Waals surface area (Å²) in [6.45, 7) is 10.4. The molecule has 11 heteroatoms. The van der Waals surface area contributed by atoms with Crippen molar-refractivity contribution in [2.24, 2.45) is 0 Å². The topological polar surface area (TPSA) is 91.8 Å². The molecule has 5 rings (SSSR count). The first-order chi connectivity index (χ1) is 18.9. The third-order valence-electron chi connectivity index (χ3n) is 7.49. The van der Waals surface area contributed by atoms with Crippen molar-refractivity contribution < 1.29 is 18.7 Å². The van der Waals surface area contributed by atoms with Crippen molar-refractivity contribution in [2.45, 2.75) is 45.1 Å². The zero-order chi connectivity index (χ0) is 28.8. The SMILES string of the molecule is COC(=O)Cc1ccc(N2CCN(C(=O)c3cnc4c(n3)C(C)(C)CN4c3ccc(F)c(Cl)c3)C(C)(C)C2)nc1. The van der Waals surface area contributed by atoms with Crippen molar-refractivity contribution >= 4 is 40.8 Å². The highest BCUT2D eigenvalue weighted by Crippen LogP contribution is 2.42. The Morgan fingerprint density at radius 1 is 1.05 bits per heavy atom. The summed E-state index contributed by atoms with van der Waals surface area (Å²) in [6, 6.07) is 8.33. The molecule has 1 aromatic carbocycles. The summed E-state index contributed by atoms with van der Waals surface area (Å²) in [4.78, 5) is 45.2. The van der Waals surface area contributed by atoms with Crippen LogP contribution >= 0.6 is 11.6 Å². The number of rotatable bonds is 5. The smallest absolute Gasteiger partial charge is 0.310 e. The van der Waals surface area contributed by atoms with Crippen LogP contribution in [0.1, 0.15) is 49.4 Å². The lowest BCUT2D eigenvalue weighted by atomic mass is 9.92. The number of ether oxygens (including phenoxy) is 1. The van der Waals surface area contributed by atoms with Crippen molar-refractivity contribution in [3.05, 3.63) is 70.5 Å². The van der Waals surface area contributed by atoms with E-state index in [0.29, 0.717) is 37.7 Å². The lowest BCUT2D eigenvalue weighted by Gasteiger charge is -2.47. The predicted octanol–water partition coefficient (Wildman–Crippen LogP) is 4.55. The van der Waals surface area contributed by atoms with Gasteiger partial charge in [0.05, 0.1) is 36.0 Å². The number of hydrogen-bond donors (Lipinski definition) is 0. The number of nitrogens with zero attached hydrogens (tertiary/aromatic N) is 6. The number of hydrogen-bond acceptors (Lipinski definition) is 8. The van der Waals surface area contributed by atoms with Gasteiger partial charge in [0, 0.05) is 43.5 Å². The van der Waals surface area contributed by atoms with Crippen LogP contribution in [0.3, 0.4) is 0 Å². The molecule has 0 atom stereocenters. The fourth-order valence-electron chi connectivity index (χ4n) is 5.36. The highest BCUT2D eigenvalue weighted by molar-refractivity contribution is 6.31. The molecule has 0 saturated carbocycles. The van der Waals surface area contributed by atoms with Gasteiger partial charge in [0.25, 0.3) is 5.91 Å². The van der Waals surface area contributed by atoms with Gasteiger partial charge in [-0.15, -0.1) is 0 Å². The van der Waals surface area contributed by atoms with Crippen LogP contribution in [0.4, 0.5) is 21.7 Å². The van der Waals surface area contributed by atoms with E-state index in [0.717, 1.165) is 17.1 Å². The molecule has 1 amide bonds. The van der Waals surface area contributed by atoms with Crippen LogP contribution in [0.15, 0.2) is 42.7 Å². The van der Waals surface area contributed by atoms with Gasteiger partial charge in [-0.2, -0.15) is 0 Å². The second-order valence-electron chi connectivity index (χ2n) is 11.5. The average molecular weight is 567 g/mol. The first-order valence-corrected chi connectivity index (χ1v) is 13.5. The number of piperazine rings is 1. The van der Waals surface area contributed by atoms with E-state index in [2.05, 4.69) is 14.9 Å². The third kappa shape index (κ3) is 5.20. The lowest BCUT2D eigenvalue weighted by molar-refractivity contribution is -0.139. The standard InChI is InChI=1S/C29H32ClFN6O3/c1-28(2)16-36(19-7-8-21(31)20(30)13-19)26-25(28)34-22(15-33-26)27(39)37-11-10-35(17-29(37,3)4)23-9-6-18(14-32-23)12-24(38)40-5/h6-9,13-15H,10-12,16-17H2,1-5H3. The van der Waals surface area contributed by atoms with Crippen molar-refractivity contribution in [3.63, 3.8) is 0 Å². The van der Waals surface area contributed by atoms with Gasteiger partial charge in [0.2, 0.25) is 0 Å². The molecule has 9 nitrogen and oxygen atoms in total. The van der Waals surface area contributed by atoms with Crippen LogP contribution in [-0.4, -0.2) is 70.6 Å². The first-order valence-electron chi connectivity index (χ1n) is 13.1. The summed E-state index contributed by atoms with van der Waals surface area (Å²) in [5.41, 5.74) is 1.61. The van der Waals surface area contributed by atoms with E-state index in [1.54, 1.807) is 18.3 Å². The van der Waals surface area contributed by atoms with Crippen molar-refractivity contribution in [2.75, 3.05) is 43.1 Å². The molecule has 0 bridgehead atoms. The van der Waals surface area contributed by atoms with Gasteiger partial charge in [-0.3, -0.25) is 9.59 Å². The quantitative estimate of drug-likeness (QED) is 0.415. The van der Waals surface area contributed by atoms with Gasteiger partial charge in [-0.05, 0) is 43.7 Å². The maximum absolute atomic E-state index is 13.8. The Kier molecular flexibility index (Phi) is 7.16. The number of anilines is 3. The highest BCUT2D eigenvalue weighted by atomic mass is 35.5. The number of carbonyl (C=O) groups is 2. The first kappa shape index (κ1) is 27.8. The number of amides is 1. The fourth-order valence-corrected chi connectivity index (χ4v) is 5.54. The molecule has 0 N–H and O–H groups in total. The second-order valence-corrected chi connectivity index (χ2v) is 11.9. The Labute approximate surface area is 237 Å². The van der Waals surface area contributed by atoms with Crippen molar-refractivity contribution in [1.82, 2.24) is 19.9 Å². The van der Waals surface area contributed by atoms with Crippen molar-refractivity contribution in [1.29, 1.82) is 0 Å². The Hall–Kier alpha value is -3.79. The molecular formula is C29H32ClFN6O3. The Balaban J connectivity index is 1.34. The van der Waals surface area contributed by atoms with Gasteiger partial charge in [-0.1, -0.05) is 31.5 Å². The Morgan fingerprint density at radius 2 is 1.82 bits per heavy atom. The van der Waals surface area contributed by atoms with Gasteiger partial charge in [0.1, 0.15) is 17.3 Å². The molecular weight excluding hydrogens is 535 g/mol. The predicted molar refractivity (Wildman–Crippen MR) is 151 cm³/mol. The van der Waals surface area contributed by atoms with E-state index in [1.807, 2.05) is 49.6 Å². The van der Waals surface area contributed by atoms with Crippen LogP contribution in [0.2, 0.25) is 5.02 Å². The maximum Gasteiger partial charge on any atom is 0.310 e. The molecule has 1 fully saturated rings. The zero-order valence-corrected chi connectivity index (χ0v) is 24.0.